The van der Waals surface area contributed by atoms with Crippen LogP contribution in [0.15, 0.2) is 23.9 Å². The third-order valence-corrected chi connectivity index (χ3v) is 2.93. The van der Waals surface area contributed by atoms with Crippen LogP contribution in [0.3, 0.4) is 0 Å². The fourth-order valence-corrected chi connectivity index (χ4v) is 2.00. The number of allylic oxidation sites excluding steroid dienone is 2. The van der Waals surface area contributed by atoms with Crippen LogP contribution in [0.25, 0.3) is 0 Å². The maximum absolute atomic E-state index is 2.43. The Bertz CT molecular complexity index is 215. The molecule has 0 fully saturated rings. The Morgan fingerprint density at radius 1 is 1.13 bits per heavy atom. The van der Waals surface area contributed by atoms with Gasteiger partial charge in [-0.15, -0.1) is 0 Å². The number of nitrogens with zero attached hydrogens (tertiary/aromatic N) is 1. The molecule has 0 aromatic heterocycles. The fraction of sp³-hybridized carbons (Fsp3) is 0.714. The molecule has 0 atom stereocenters. The van der Waals surface area contributed by atoms with Crippen molar-refractivity contribution in [3.8, 4) is 0 Å². The summed E-state index contributed by atoms with van der Waals surface area (Å²) in [5.41, 5.74) is 1.48. The number of unbranched alkanes of at least 4 members (excludes halogenated alkanes) is 5. The fourth-order valence-electron chi connectivity index (χ4n) is 2.00. The third-order valence-electron chi connectivity index (χ3n) is 2.93. The summed E-state index contributed by atoms with van der Waals surface area (Å²) in [5.74, 6) is 0. The zero-order valence-corrected chi connectivity index (χ0v) is 10.3. The van der Waals surface area contributed by atoms with E-state index in [0.29, 0.717) is 0 Å². The van der Waals surface area contributed by atoms with Gasteiger partial charge in [-0.25, -0.2) is 0 Å². The predicted molar refractivity (Wildman–Crippen MR) is 67.8 cm³/mol. The molecule has 15 heavy (non-hydrogen) atoms. The molecule has 0 amide bonds. The molecule has 1 aliphatic heterocycles. The van der Waals surface area contributed by atoms with E-state index < -0.39 is 0 Å². The molecule has 1 heteroatoms. The van der Waals surface area contributed by atoms with Gasteiger partial charge in [-0.2, -0.15) is 0 Å². The van der Waals surface area contributed by atoms with E-state index in [1.807, 2.05) is 0 Å². The first-order chi connectivity index (χ1) is 7.33. The zero-order valence-electron chi connectivity index (χ0n) is 10.3. The Hall–Kier alpha value is -0.720. The van der Waals surface area contributed by atoms with Crippen molar-refractivity contribution >= 4 is 0 Å². The maximum atomic E-state index is 2.43. The van der Waals surface area contributed by atoms with Crippen molar-refractivity contribution in [3.63, 3.8) is 0 Å². The normalized spacial score (nSPS) is 15.6. The molecule has 0 aromatic rings. The zero-order chi connectivity index (χ0) is 10.9. The Labute approximate surface area is 94.9 Å². The van der Waals surface area contributed by atoms with Gasteiger partial charge in [0.2, 0.25) is 0 Å². The highest BCUT2D eigenvalue weighted by Gasteiger charge is 2.02. The molecule has 0 saturated carbocycles. The number of hydrogen-bond donors (Lipinski definition) is 0. The lowest BCUT2D eigenvalue weighted by atomic mass is 10.1. The molecular formula is C14H25N. The summed E-state index contributed by atoms with van der Waals surface area (Å²) in [6.07, 6.45) is 14.9. The van der Waals surface area contributed by atoms with Crippen LogP contribution < -0.4 is 0 Å². The van der Waals surface area contributed by atoms with Gasteiger partial charge in [0.15, 0.2) is 0 Å². The quantitative estimate of drug-likeness (QED) is 0.568. The molecule has 0 radical (unpaired) electrons. The molecule has 1 aliphatic rings. The van der Waals surface area contributed by atoms with E-state index in [1.54, 1.807) is 0 Å². The van der Waals surface area contributed by atoms with Crippen molar-refractivity contribution in [2.45, 2.75) is 52.4 Å². The van der Waals surface area contributed by atoms with Crippen molar-refractivity contribution in [2.75, 3.05) is 13.1 Å². The van der Waals surface area contributed by atoms with Crippen molar-refractivity contribution in [3.05, 3.63) is 23.9 Å². The Morgan fingerprint density at radius 3 is 2.60 bits per heavy atom. The standard InChI is InChI=1S/C14H25N/c1-3-4-5-6-7-8-11-15-12-9-10-14(2)13-15/h9-10,12H,3-8,11,13H2,1-2H3. The van der Waals surface area contributed by atoms with E-state index in [0.717, 1.165) is 6.54 Å². The first kappa shape index (κ1) is 12.4. The third kappa shape index (κ3) is 5.66. The van der Waals surface area contributed by atoms with Crippen LogP contribution in [-0.4, -0.2) is 18.0 Å². The van der Waals surface area contributed by atoms with E-state index in [1.165, 1.54) is 50.6 Å². The van der Waals surface area contributed by atoms with Gasteiger partial charge in [-0.1, -0.05) is 50.7 Å². The molecule has 0 spiro atoms. The van der Waals surface area contributed by atoms with Gasteiger partial charge in [0, 0.05) is 13.1 Å². The number of hydrogen-bond acceptors (Lipinski definition) is 1. The summed E-state index contributed by atoms with van der Waals surface area (Å²) in [6.45, 7) is 6.84. The summed E-state index contributed by atoms with van der Waals surface area (Å²) in [5, 5.41) is 0. The smallest absolute Gasteiger partial charge is 0.0383 e. The van der Waals surface area contributed by atoms with Crippen LogP contribution in [0.1, 0.15) is 52.4 Å². The van der Waals surface area contributed by atoms with E-state index in [-0.39, 0.29) is 0 Å². The summed E-state index contributed by atoms with van der Waals surface area (Å²) in [6, 6.07) is 0. The van der Waals surface area contributed by atoms with Crippen LogP contribution in [0, 0.1) is 0 Å². The van der Waals surface area contributed by atoms with Crippen LogP contribution in [0.2, 0.25) is 0 Å². The highest BCUT2D eigenvalue weighted by atomic mass is 15.1. The highest BCUT2D eigenvalue weighted by Crippen LogP contribution is 2.10. The average molecular weight is 207 g/mol. The molecule has 0 unspecified atom stereocenters. The van der Waals surface area contributed by atoms with Crippen molar-refractivity contribution in [2.24, 2.45) is 0 Å². The monoisotopic (exact) mass is 207 g/mol. The minimum absolute atomic E-state index is 1.13. The van der Waals surface area contributed by atoms with Crippen molar-refractivity contribution < 1.29 is 0 Å². The van der Waals surface area contributed by atoms with Gasteiger partial charge >= 0.3 is 0 Å². The Kier molecular flexibility index (Phi) is 6.22. The molecule has 86 valence electrons. The SMILES string of the molecule is CCCCCCCCN1C=CC=C(C)C1. The first-order valence-electron chi connectivity index (χ1n) is 6.41. The molecule has 0 aliphatic carbocycles. The molecule has 0 saturated heterocycles. The molecule has 1 rings (SSSR count). The highest BCUT2D eigenvalue weighted by molar-refractivity contribution is 5.16. The van der Waals surface area contributed by atoms with Gasteiger partial charge in [0.1, 0.15) is 0 Å². The van der Waals surface area contributed by atoms with Gasteiger partial charge in [0.05, 0.1) is 0 Å². The Balaban J connectivity index is 1.97. The summed E-state index contributed by atoms with van der Waals surface area (Å²) in [7, 11) is 0. The predicted octanol–water partition coefficient (Wildman–Crippen LogP) is 4.12. The van der Waals surface area contributed by atoms with Crippen LogP contribution >= 0.6 is 0 Å². The average Bonchev–Trinajstić information content (AvgIpc) is 2.23. The summed E-state index contributed by atoms with van der Waals surface area (Å²) >= 11 is 0. The minimum Gasteiger partial charge on any atom is -0.373 e. The summed E-state index contributed by atoms with van der Waals surface area (Å²) in [4.78, 5) is 2.43. The lowest BCUT2D eigenvalue weighted by molar-refractivity contribution is 0.384. The second-order valence-corrected chi connectivity index (χ2v) is 4.59. The van der Waals surface area contributed by atoms with Crippen molar-refractivity contribution in [1.82, 2.24) is 4.90 Å². The minimum atomic E-state index is 1.13. The van der Waals surface area contributed by atoms with Gasteiger partial charge < -0.3 is 4.90 Å². The van der Waals surface area contributed by atoms with Gasteiger partial charge in [0.25, 0.3) is 0 Å². The number of rotatable bonds is 7. The molecule has 0 bridgehead atoms. The van der Waals surface area contributed by atoms with Crippen LogP contribution in [0.4, 0.5) is 0 Å². The lowest BCUT2D eigenvalue weighted by Gasteiger charge is -2.23. The second-order valence-electron chi connectivity index (χ2n) is 4.59. The molecule has 1 heterocycles. The van der Waals surface area contributed by atoms with E-state index in [4.69, 9.17) is 0 Å². The van der Waals surface area contributed by atoms with E-state index in [9.17, 15) is 0 Å². The molecule has 0 N–H and O–H groups in total. The first-order valence-corrected chi connectivity index (χ1v) is 6.41. The Morgan fingerprint density at radius 2 is 1.87 bits per heavy atom. The topological polar surface area (TPSA) is 3.24 Å². The van der Waals surface area contributed by atoms with Gasteiger partial charge in [-0.3, -0.25) is 0 Å². The van der Waals surface area contributed by atoms with E-state index in [2.05, 4.69) is 37.1 Å². The van der Waals surface area contributed by atoms with Crippen LogP contribution in [-0.2, 0) is 0 Å². The largest absolute Gasteiger partial charge is 0.373 e. The maximum Gasteiger partial charge on any atom is 0.0383 e. The molecule has 0 aromatic carbocycles. The second kappa shape index (κ2) is 7.56. The van der Waals surface area contributed by atoms with E-state index >= 15 is 0 Å². The molecular weight excluding hydrogens is 182 g/mol. The van der Waals surface area contributed by atoms with Gasteiger partial charge in [-0.05, 0) is 25.6 Å². The van der Waals surface area contributed by atoms with Crippen molar-refractivity contribution in [1.29, 1.82) is 0 Å². The molecule has 1 nitrogen and oxygen atoms in total. The summed E-state index contributed by atoms with van der Waals surface area (Å²) < 4.78 is 0. The lowest BCUT2D eigenvalue weighted by Crippen LogP contribution is -2.22. The van der Waals surface area contributed by atoms with Crippen LogP contribution in [0.5, 0.6) is 0 Å².